The van der Waals surface area contributed by atoms with Crippen LogP contribution in [0.1, 0.15) is 31.1 Å². The molecule has 4 aromatic rings. The standard InChI is InChI=1S/C21H18F3N3/c1-12(2)27-20-19(13(3)26-27)17(21(22,23)24)11-18(25-20)16-10-6-8-14-7-4-5-9-15(14)16/h4-12H,1-3H3. The van der Waals surface area contributed by atoms with Gasteiger partial charge in [0.2, 0.25) is 0 Å². The van der Waals surface area contributed by atoms with E-state index in [-0.39, 0.29) is 17.1 Å². The van der Waals surface area contributed by atoms with Crippen LogP contribution in [0.25, 0.3) is 33.1 Å². The Morgan fingerprint density at radius 1 is 1.00 bits per heavy atom. The first-order chi connectivity index (χ1) is 12.8. The number of pyridine rings is 1. The van der Waals surface area contributed by atoms with Crippen molar-refractivity contribution in [3.05, 3.63) is 59.8 Å². The molecule has 0 spiro atoms. The van der Waals surface area contributed by atoms with Crippen molar-refractivity contribution in [3.63, 3.8) is 0 Å². The summed E-state index contributed by atoms with van der Waals surface area (Å²) in [4.78, 5) is 4.61. The lowest BCUT2D eigenvalue weighted by atomic mass is 9.99. The highest BCUT2D eigenvalue weighted by Crippen LogP contribution is 2.39. The number of aromatic nitrogens is 3. The van der Waals surface area contributed by atoms with Crippen LogP contribution in [0.5, 0.6) is 0 Å². The minimum absolute atomic E-state index is 0.0696. The molecule has 0 atom stereocenters. The van der Waals surface area contributed by atoms with Crippen molar-refractivity contribution in [2.45, 2.75) is 33.0 Å². The summed E-state index contributed by atoms with van der Waals surface area (Å²) in [6.45, 7) is 5.35. The van der Waals surface area contributed by atoms with Crippen molar-refractivity contribution in [1.29, 1.82) is 0 Å². The molecule has 0 aliphatic heterocycles. The summed E-state index contributed by atoms with van der Waals surface area (Å²) in [5.41, 5.74) is 0.881. The summed E-state index contributed by atoms with van der Waals surface area (Å²) in [5, 5.41) is 6.21. The smallest absolute Gasteiger partial charge is 0.244 e. The molecule has 2 aromatic carbocycles. The van der Waals surface area contributed by atoms with E-state index in [4.69, 9.17) is 0 Å². The Balaban J connectivity index is 2.12. The molecule has 138 valence electrons. The van der Waals surface area contributed by atoms with Gasteiger partial charge in [-0.25, -0.2) is 9.67 Å². The van der Waals surface area contributed by atoms with E-state index in [9.17, 15) is 13.2 Å². The van der Waals surface area contributed by atoms with Crippen LogP contribution in [-0.2, 0) is 6.18 Å². The fourth-order valence-corrected chi connectivity index (χ4v) is 3.48. The van der Waals surface area contributed by atoms with Gasteiger partial charge in [-0.3, -0.25) is 0 Å². The normalized spacial score (nSPS) is 12.4. The number of rotatable bonds is 2. The Kier molecular flexibility index (Phi) is 3.94. The molecule has 2 heterocycles. The Labute approximate surface area is 154 Å². The highest BCUT2D eigenvalue weighted by atomic mass is 19.4. The van der Waals surface area contributed by atoms with Gasteiger partial charge < -0.3 is 0 Å². The number of alkyl halides is 3. The molecule has 6 heteroatoms. The highest BCUT2D eigenvalue weighted by Gasteiger charge is 2.36. The van der Waals surface area contributed by atoms with Crippen molar-refractivity contribution in [1.82, 2.24) is 14.8 Å². The fourth-order valence-electron chi connectivity index (χ4n) is 3.48. The molecule has 0 bridgehead atoms. The molecule has 0 N–H and O–H groups in total. The lowest BCUT2D eigenvalue weighted by molar-refractivity contribution is -0.136. The molecule has 0 unspecified atom stereocenters. The maximum absolute atomic E-state index is 13.9. The first-order valence-corrected chi connectivity index (χ1v) is 8.72. The number of aryl methyl sites for hydroxylation is 1. The summed E-state index contributed by atoms with van der Waals surface area (Å²) in [6.07, 6.45) is -4.49. The molecule has 3 nitrogen and oxygen atoms in total. The number of hydrogen-bond acceptors (Lipinski definition) is 2. The van der Waals surface area contributed by atoms with Crippen LogP contribution in [0.2, 0.25) is 0 Å². The number of halogens is 3. The Morgan fingerprint density at radius 2 is 1.70 bits per heavy atom. The highest BCUT2D eigenvalue weighted by molar-refractivity contribution is 5.97. The molecule has 0 saturated heterocycles. The summed E-state index contributed by atoms with van der Waals surface area (Å²) in [7, 11) is 0. The predicted octanol–water partition coefficient (Wildman–Crippen LogP) is 6.16. The van der Waals surface area contributed by atoms with Crippen molar-refractivity contribution in [2.75, 3.05) is 0 Å². The van der Waals surface area contributed by atoms with Crippen LogP contribution in [0.3, 0.4) is 0 Å². The van der Waals surface area contributed by atoms with Gasteiger partial charge in [-0.2, -0.15) is 18.3 Å². The van der Waals surface area contributed by atoms with Gasteiger partial charge in [-0.05, 0) is 37.6 Å². The zero-order chi connectivity index (χ0) is 19.3. The van der Waals surface area contributed by atoms with E-state index in [2.05, 4.69) is 10.1 Å². The second-order valence-electron chi connectivity index (χ2n) is 6.90. The van der Waals surface area contributed by atoms with E-state index < -0.39 is 11.7 Å². The summed E-state index contributed by atoms with van der Waals surface area (Å²) < 4.78 is 43.1. The lowest BCUT2D eigenvalue weighted by Gasteiger charge is -2.14. The number of nitrogens with zero attached hydrogens (tertiary/aromatic N) is 3. The largest absolute Gasteiger partial charge is 0.417 e. The van der Waals surface area contributed by atoms with Crippen molar-refractivity contribution < 1.29 is 13.2 Å². The van der Waals surface area contributed by atoms with Crippen molar-refractivity contribution >= 4 is 21.8 Å². The zero-order valence-electron chi connectivity index (χ0n) is 15.2. The van der Waals surface area contributed by atoms with Crippen LogP contribution in [-0.4, -0.2) is 14.8 Å². The Morgan fingerprint density at radius 3 is 2.41 bits per heavy atom. The maximum Gasteiger partial charge on any atom is 0.417 e. The van der Waals surface area contributed by atoms with Crippen LogP contribution < -0.4 is 0 Å². The average Bonchev–Trinajstić information content (AvgIpc) is 2.97. The number of hydrogen-bond donors (Lipinski definition) is 0. The molecule has 4 rings (SSSR count). The van der Waals surface area contributed by atoms with Crippen LogP contribution in [0, 0.1) is 6.92 Å². The molecule has 0 radical (unpaired) electrons. The average molecular weight is 369 g/mol. The van der Waals surface area contributed by atoms with Crippen molar-refractivity contribution in [2.24, 2.45) is 0 Å². The third-order valence-electron chi connectivity index (χ3n) is 4.70. The second-order valence-corrected chi connectivity index (χ2v) is 6.90. The van der Waals surface area contributed by atoms with Crippen LogP contribution >= 0.6 is 0 Å². The van der Waals surface area contributed by atoms with Gasteiger partial charge in [0, 0.05) is 11.6 Å². The third kappa shape index (κ3) is 2.85. The van der Waals surface area contributed by atoms with Gasteiger partial charge >= 0.3 is 6.18 Å². The first-order valence-electron chi connectivity index (χ1n) is 8.72. The monoisotopic (exact) mass is 369 g/mol. The Hall–Kier alpha value is -2.89. The molecular weight excluding hydrogens is 351 g/mol. The SMILES string of the molecule is Cc1nn(C(C)C)c2nc(-c3cccc4ccccc34)cc(C(F)(F)F)c12. The molecule has 2 aromatic heterocycles. The van der Waals surface area contributed by atoms with Crippen molar-refractivity contribution in [3.8, 4) is 11.3 Å². The summed E-state index contributed by atoms with van der Waals surface area (Å²) >= 11 is 0. The summed E-state index contributed by atoms with van der Waals surface area (Å²) in [5.74, 6) is 0. The Bertz CT molecular complexity index is 1150. The van der Waals surface area contributed by atoms with Gasteiger partial charge in [0.15, 0.2) is 5.65 Å². The van der Waals surface area contributed by atoms with Gasteiger partial charge in [-0.1, -0.05) is 42.5 Å². The van der Waals surface area contributed by atoms with Gasteiger partial charge in [0.1, 0.15) is 0 Å². The van der Waals surface area contributed by atoms with E-state index in [0.717, 1.165) is 16.8 Å². The molecule has 0 aliphatic carbocycles. The molecule has 0 aliphatic rings. The fraction of sp³-hybridized carbons (Fsp3) is 0.238. The first kappa shape index (κ1) is 17.5. The zero-order valence-corrected chi connectivity index (χ0v) is 15.2. The molecule has 0 saturated carbocycles. The molecular formula is C21H18F3N3. The van der Waals surface area contributed by atoms with Gasteiger partial charge in [-0.15, -0.1) is 0 Å². The van der Waals surface area contributed by atoms with E-state index >= 15 is 0 Å². The van der Waals surface area contributed by atoms with E-state index in [1.54, 1.807) is 17.7 Å². The van der Waals surface area contributed by atoms with E-state index in [0.29, 0.717) is 17.0 Å². The molecule has 27 heavy (non-hydrogen) atoms. The number of benzene rings is 2. The minimum Gasteiger partial charge on any atom is -0.244 e. The minimum atomic E-state index is -4.49. The van der Waals surface area contributed by atoms with Gasteiger partial charge in [0.05, 0.1) is 22.3 Å². The van der Waals surface area contributed by atoms with E-state index in [1.165, 1.54) is 0 Å². The van der Waals surface area contributed by atoms with Gasteiger partial charge in [0.25, 0.3) is 0 Å². The quantitative estimate of drug-likeness (QED) is 0.424. The predicted molar refractivity (Wildman–Crippen MR) is 101 cm³/mol. The maximum atomic E-state index is 13.9. The van der Waals surface area contributed by atoms with E-state index in [1.807, 2.05) is 50.2 Å². The summed E-state index contributed by atoms with van der Waals surface area (Å²) in [6, 6.07) is 14.2. The third-order valence-corrected chi connectivity index (χ3v) is 4.70. The topological polar surface area (TPSA) is 30.7 Å². The molecule has 0 amide bonds. The number of fused-ring (bicyclic) bond motifs is 2. The van der Waals surface area contributed by atoms with Crippen LogP contribution in [0.15, 0.2) is 48.5 Å². The lowest BCUT2D eigenvalue weighted by Crippen LogP contribution is -2.09. The second kappa shape index (κ2) is 6.08. The van der Waals surface area contributed by atoms with Crippen LogP contribution in [0.4, 0.5) is 13.2 Å². The molecule has 0 fully saturated rings.